The molecule has 10 rings (SSSR count). The van der Waals surface area contributed by atoms with Gasteiger partial charge in [0.15, 0.2) is 17.5 Å². The number of furan rings is 1. The van der Waals surface area contributed by atoms with E-state index in [2.05, 4.69) is 116 Å². The zero-order chi connectivity index (χ0) is 32.5. The molecular weight excluding hydrogens is 619 g/mol. The molecule has 0 unspecified atom stereocenters. The van der Waals surface area contributed by atoms with Gasteiger partial charge >= 0.3 is 0 Å². The monoisotopic (exact) mass is 645 g/mol. The van der Waals surface area contributed by atoms with Crippen LogP contribution in [0.1, 0.15) is 5.56 Å². The van der Waals surface area contributed by atoms with Gasteiger partial charge < -0.3 is 4.42 Å². The molecule has 0 amide bonds. The van der Waals surface area contributed by atoms with Gasteiger partial charge in [-0.15, -0.1) is 11.3 Å². The molecule has 4 nitrogen and oxygen atoms in total. The van der Waals surface area contributed by atoms with Crippen molar-refractivity contribution in [2.45, 2.75) is 6.92 Å². The van der Waals surface area contributed by atoms with Crippen molar-refractivity contribution < 1.29 is 4.42 Å². The lowest BCUT2D eigenvalue weighted by atomic mass is 9.99. The Balaban J connectivity index is 1.23. The molecule has 0 fully saturated rings. The Morgan fingerprint density at radius 2 is 1.08 bits per heavy atom. The minimum atomic E-state index is 0.615. The average Bonchev–Trinajstić information content (AvgIpc) is 3.74. The number of hydrogen-bond donors (Lipinski definition) is 0. The summed E-state index contributed by atoms with van der Waals surface area (Å²) >= 11 is 1.80. The summed E-state index contributed by atoms with van der Waals surface area (Å²) in [7, 11) is 0. The fraction of sp³-hybridized carbons (Fsp3) is 0.0227. The topological polar surface area (TPSA) is 51.8 Å². The maximum atomic E-state index is 6.27. The molecule has 0 N–H and O–H groups in total. The van der Waals surface area contributed by atoms with Gasteiger partial charge in [-0.3, -0.25) is 0 Å². The van der Waals surface area contributed by atoms with E-state index in [0.29, 0.717) is 17.5 Å². The Hall–Kier alpha value is -6.17. The van der Waals surface area contributed by atoms with Crippen LogP contribution in [-0.2, 0) is 0 Å². The van der Waals surface area contributed by atoms with Gasteiger partial charge in [0.1, 0.15) is 11.2 Å². The van der Waals surface area contributed by atoms with Gasteiger partial charge in [-0.05, 0) is 64.7 Å². The number of aryl methyl sites for hydroxylation is 1. The van der Waals surface area contributed by atoms with E-state index in [1.165, 1.54) is 36.9 Å². The van der Waals surface area contributed by atoms with E-state index >= 15 is 0 Å². The molecule has 230 valence electrons. The zero-order valence-corrected chi connectivity index (χ0v) is 27.3. The third kappa shape index (κ3) is 4.55. The molecule has 3 heterocycles. The maximum Gasteiger partial charge on any atom is 0.165 e. The fourth-order valence-corrected chi connectivity index (χ4v) is 8.32. The van der Waals surface area contributed by atoms with Gasteiger partial charge in [0.2, 0.25) is 0 Å². The lowest BCUT2D eigenvalue weighted by Gasteiger charge is -2.11. The van der Waals surface area contributed by atoms with Crippen LogP contribution >= 0.6 is 11.3 Å². The second-order valence-corrected chi connectivity index (χ2v) is 13.5. The van der Waals surface area contributed by atoms with Crippen molar-refractivity contribution in [3.8, 4) is 45.3 Å². The molecule has 0 bridgehead atoms. The van der Waals surface area contributed by atoms with Gasteiger partial charge in [-0.1, -0.05) is 115 Å². The molecular formula is C44H27N3OS. The van der Waals surface area contributed by atoms with Crippen molar-refractivity contribution in [3.63, 3.8) is 0 Å². The summed E-state index contributed by atoms with van der Waals surface area (Å²) in [5.41, 5.74) is 8.13. The number of hydrogen-bond acceptors (Lipinski definition) is 5. The zero-order valence-electron chi connectivity index (χ0n) is 26.5. The molecule has 49 heavy (non-hydrogen) atoms. The molecule has 0 spiro atoms. The van der Waals surface area contributed by atoms with Crippen LogP contribution in [0.15, 0.2) is 150 Å². The third-order valence-corrected chi connectivity index (χ3v) is 10.8. The van der Waals surface area contributed by atoms with Gasteiger partial charge in [0.05, 0.1) is 0 Å². The largest absolute Gasteiger partial charge is 0.456 e. The number of thiophene rings is 1. The van der Waals surface area contributed by atoms with Crippen molar-refractivity contribution >= 4 is 64.2 Å². The minimum Gasteiger partial charge on any atom is -0.456 e. The Morgan fingerprint density at radius 1 is 0.449 bits per heavy atom. The molecule has 10 aromatic rings. The summed E-state index contributed by atoms with van der Waals surface area (Å²) in [5, 5.41) is 6.81. The highest BCUT2D eigenvalue weighted by Gasteiger charge is 2.20. The lowest BCUT2D eigenvalue weighted by Crippen LogP contribution is -2.00. The van der Waals surface area contributed by atoms with Crippen LogP contribution in [0.5, 0.6) is 0 Å². The van der Waals surface area contributed by atoms with E-state index in [4.69, 9.17) is 19.4 Å². The van der Waals surface area contributed by atoms with E-state index in [1.807, 2.05) is 36.4 Å². The smallest absolute Gasteiger partial charge is 0.165 e. The van der Waals surface area contributed by atoms with Crippen LogP contribution < -0.4 is 0 Å². The molecule has 0 atom stereocenters. The molecule has 0 saturated heterocycles. The summed E-state index contributed by atoms with van der Waals surface area (Å²) in [6, 6.07) is 50.8. The van der Waals surface area contributed by atoms with E-state index in [9.17, 15) is 0 Å². The van der Waals surface area contributed by atoms with Crippen molar-refractivity contribution in [2.24, 2.45) is 0 Å². The fourth-order valence-electron chi connectivity index (χ4n) is 7.04. The van der Waals surface area contributed by atoms with E-state index in [-0.39, 0.29) is 0 Å². The van der Waals surface area contributed by atoms with Crippen LogP contribution in [-0.4, -0.2) is 15.0 Å². The molecule has 3 aromatic heterocycles. The quantitative estimate of drug-likeness (QED) is 0.191. The van der Waals surface area contributed by atoms with Gasteiger partial charge in [-0.2, -0.15) is 0 Å². The predicted molar refractivity (Wildman–Crippen MR) is 204 cm³/mol. The normalized spacial score (nSPS) is 11.8. The molecule has 5 heteroatoms. The van der Waals surface area contributed by atoms with Crippen molar-refractivity contribution in [2.75, 3.05) is 0 Å². The van der Waals surface area contributed by atoms with Crippen molar-refractivity contribution in [1.29, 1.82) is 0 Å². The Morgan fingerprint density at radius 3 is 1.96 bits per heavy atom. The first kappa shape index (κ1) is 27.9. The van der Waals surface area contributed by atoms with Gasteiger partial charge in [0.25, 0.3) is 0 Å². The van der Waals surface area contributed by atoms with E-state index < -0.39 is 0 Å². The molecule has 0 saturated carbocycles. The number of nitrogens with zero attached hydrogens (tertiary/aromatic N) is 3. The summed E-state index contributed by atoms with van der Waals surface area (Å²) in [5.74, 6) is 1.90. The average molecular weight is 646 g/mol. The van der Waals surface area contributed by atoms with Crippen molar-refractivity contribution in [3.05, 3.63) is 151 Å². The maximum absolute atomic E-state index is 6.27. The molecule has 0 aliphatic carbocycles. The first-order chi connectivity index (χ1) is 24.2. The second-order valence-electron chi connectivity index (χ2n) is 12.5. The summed E-state index contributed by atoms with van der Waals surface area (Å²) in [6.45, 7) is 2.18. The highest BCUT2D eigenvalue weighted by atomic mass is 32.1. The third-order valence-electron chi connectivity index (χ3n) is 9.45. The van der Waals surface area contributed by atoms with Crippen molar-refractivity contribution in [1.82, 2.24) is 15.0 Å². The number of benzene rings is 7. The second kappa shape index (κ2) is 10.9. The van der Waals surface area contributed by atoms with Gasteiger partial charge in [0, 0.05) is 47.6 Å². The summed E-state index contributed by atoms with van der Waals surface area (Å²) in [4.78, 5) is 15.7. The minimum absolute atomic E-state index is 0.615. The Kier molecular flexibility index (Phi) is 6.23. The van der Waals surface area contributed by atoms with E-state index in [1.54, 1.807) is 11.3 Å². The standard InChI is InChI=1S/C44H27N3OS/c1-26-10-7-14-32-33-15-8-17-36(41(33)49-40(26)32)44-46-42(30-23-21-28-20-22-29(24-31(28)25-30)27-11-3-2-4-12-27)45-43(47-44)35-16-9-19-38-39(35)34-13-5-6-18-37(34)48-38/h2-25H,1H3. The summed E-state index contributed by atoms with van der Waals surface area (Å²) < 4.78 is 8.74. The van der Waals surface area contributed by atoms with Crippen LogP contribution in [0.25, 0.3) is 98.2 Å². The molecule has 0 aliphatic rings. The number of para-hydroxylation sites is 1. The number of fused-ring (bicyclic) bond motifs is 7. The Bertz CT molecular complexity index is 2900. The highest BCUT2D eigenvalue weighted by Crippen LogP contribution is 2.42. The van der Waals surface area contributed by atoms with Crippen LogP contribution in [0.2, 0.25) is 0 Å². The van der Waals surface area contributed by atoms with Crippen LogP contribution in [0.4, 0.5) is 0 Å². The van der Waals surface area contributed by atoms with Gasteiger partial charge in [-0.25, -0.2) is 15.0 Å². The van der Waals surface area contributed by atoms with E-state index in [0.717, 1.165) is 49.4 Å². The lowest BCUT2D eigenvalue weighted by molar-refractivity contribution is 0.669. The summed E-state index contributed by atoms with van der Waals surface area (Å²) in [6.07, 6.45) is 0. The first-order valence-electron chi connectivity index (χ1n) is 16.4. The number of aromatic nitrogens is 3. The Labute approximate surface area is 286 Å². The molecule has 0 aliphatic heterocycles. The van der Waals surface area contributed by atoms with Crippen LogP contribution in [0.3, 0.4) is 0 Å². The molecule has 0 radical (unpaired) electrons. The molecule has 7 aromatic carbocycles. The highest BCUT2D eigenvalue weighted by molar-refractivity contribution is 7.26. The SMILES string of the molecule is Cc1cccc2c1sc1c(-c3nc(-c4ccc5ccc(-c6ccccc6)cc5c4)nc(-c4cccc5oc6ccccc6c45)n3)cccc12. The first-order valence-corrected chi connectivity index (χ1v) is 17.2. The number of rotatable bonds is 4. The predicted octanol–water partition coefficient (Wildman–Crippen LogP) is 12.3. The van der Waals surface area contributed by atoms with Crippen LogP contribution in [0, 0.1) is 6.92 Å².